The molecule has 4 rings (SSSR count). The standard InChI is InChI=1S/C21H13Br3N2OS2/c22-14-3-1-12(2-4-14)11-28-21-26-18-6-5-16(9-19(18)29-21)25-10-13-7-15(23)8-17(24)20(13)27/h1-10,27H,11H2. The first-order chi connectivity index (χ1) is 14.0. The highest BCUT2D eigenvalue weighted by atomic mass is 79.9. The maximum atomic E-state index is 10.2. The maximum absolute atomic E-state index is 10.2. The molecular weight excluding hydrogens is 600 g/mol. The van der Waals surface area contributed by atoms with Gasteiger partial charge in [0.15, 0.2) is 4.34 Å². The van der Waals surface area contributed by atoms with Gasteiger partial charge in [-0.15, -0.1) is 11.3 Å². The van der Waals surface area contributed by atoms with E-state index in [0.717, 1.165) is 34.9 Å². The van der Waals surface area contributed by atoms with E-state index in [2.05, 4.69) is 77.0 Å². The summed E-state index contributed by atoms with van der Waals surface area (Å²) in [5.74, 6) is 1.05. The van der Waals surface area contributed by atoms with Crippen LogP contribution in [0.15, 0.2) is 77.3 Å². The van der Waals surface area contributed by atoms with Crippen LogP contribution in [0.5, 0.6) is 5.75 Å². The van der Waals surface area contributed by atoms with Crippen molar-refractivity contribution in [3.63, 3.8) is 0 Å². The van der Waals surface area contributed by atoms with Crippen LogP contribution in [0.2, 0.25) is 0 Å². The van der Waals surface area contributed by atoms with E-state index in [1.165, 1.54) is 5.56 Å². The maximum Gasteiger partial charge on any atom is 0.151 e. The summed E-state index contributed by atoms with van der Waals surface area (Å²) in [7, 11) is 0. The molecular formula is C21H13Br3N2OS2. The highest BCUT2D eigenvalue weighted by Crippen LogP contribution is 2.34. The van der Waals surface area contributed by atoms with E-state index < -0.39 is 0 Å². The number of benzene rings is 3. The molecule has 1 aromatic heterocycles. The zero-order chi connectivity index (χ0) is 20.4. The molecule has 0 radical (unpaired) electrons. The van der Waals surface area contributed by atoms with Crippen LogP contribution >= 0.6 is 70.9 Å². The lowest BCUT2D eigenvalue weighted by Gasteiger charge is -2.02. The van der Waals surface area contributed by atoms with Crippen molar-refractivity contribution in [2.24, 2.45) is 4.99 Å². The van der Waals surface area contributed by atoms with Gasteiger partial charge in [0.05, 0.1) is 20.4 Å². The Morgan fingerprint density at radius 2 is 1.79 bits per heavy atom. The summed E-state index contributed by atoms with van der Waals surface area (Å²) in [6.45, 7) is 0. The Hall–Kier alpha value is -1.19. The molecule has 0 aliphatic heterocycles. The Bertz CT molecular complexity index is 1210. The van der Waals surface area contributed by atoms with E-state index in [1.54, 1.807) is 35.4 Å². The molecule has 0 unspecified atom stereocenters. The van der Waals surface area contributed by atoms with E-state index in [9.17, 15) is 5.11 Å². The molecule has 3 nitrogen and oxygen atoms in total. The number of nitrogens with zero attached hydrogens (tertiary/aromatic N) is 2. The van der Waals surface area contributed by atoms with E-state index >= 15 is 0 Å². The lowest BCUT2D eigenvalue weighted by molar-refractivity contribution is 0.471. The molecule has 3 aromatic carbocycles. The van der Waals surface area contributed by atoms with Crippen LogP contribution < -0.4 is 0 Å². The van der Waals surface area contributed by atoms with Gasteiger partial charge in [-0.1, -0.05) is 55.8 Å². The van der Waals surface area contributed by atoms with Crippen molar-refractivity contribution in [1.82, 2.24) is 4.98 Å². The van der Waals surface area contributed by atoms with Crippen molar-refractivity contribution in [3.05, 3.63) is 79.1 Å². The van der Waals surface area contributed by atoms with Gasteiger partial charge in [-0.2, -0.15) is 0 Å². The normalized spacial score (nSPS) is 11.6. The largest absolute Gasteiger partial charge is 0.506 e. The second kappa shape index (κ2) is 9.31. The molecule has 4 aromatic rings. The highest BCUT2D eigenvalue weighted by molar-refractivity contribution is 9.11. The summed E-state index contributed by atoms with van der Waals surface area (Å²) in [5, 5.41) is 10.2. The number of phenolic OH excluding ortho intramolecular Hbond substituents is 1. The van der Waals surface area contributed by atoms with Crippen molar-refractivity contribution in [2.75, 3.05) is 0 Å². The van der Waals surface area contributed by atoms with Crippen LogP contribution in [0.4, 0.5) is 5.69 Å². The molecule has 0 aliphatic rings. The summed E-state index contributed by atoms with van der Waals surface area (Å²) < 4.78 is 4.71. The molecule has 0 spiro atoms. The first-order valence-electron chi connectivity index (χ1n) is 8.48. The fourth-order valence-corrected chi connectivity index (χ4v) is 6.17. The number of aromatic hydroxyl groups is 1. The van der Waals surface area contributed by atoms with Gasteiger partial charge >= 0.3 is 0 Å². The number of thiazole rings is 1. The molecule has 0 amide bonds. The molecule has 1 N–H and O–H groups in total. The van der Waals surface area contributed by atoms with E-state index in [4.69, 9.17) is 4.98 Å². The third-order valence-electron chi connectivity index (χ3n) is 4.04. The SMILES string of the molecule is Oc1c(Br)cc(Br)cc1C=Nc1ccc2nc(SCc3ccc(Br)cc3)sc2c1. The van der Waals surface area contributed by atoms with Gasteiger partial charge in [0.1, 0.15) is 5.75 Å². The average molecular weight is 613 g/mol. The molecule has 29 heavy (non-hydrogen) atoms. The average Bonchev–Trinajstić information content (AvgIpc) is 3.11. The minimum atomic E-state index is 0.169. The third-order valence-corrected chi connectivity index (χ3v) is 7.86. The minimum Gasteiger partial charge on any atom is -0.506 e. The predicted octanol–water partition coefficient (Wildman–Crippen LogP) is 8.33. The van der Waals surface area contributed by atoms with Crippen molar-refractivity contribution >= 4 is 93.0 Å². The molecule has 0 atom stereocenters. The Balaban J connectivity index is 1.51. The molecule has 146 valence electrons. The van der Waals surface area contributed by atoms with Gasteiger partial charge in [0.25, 0.3) is 0 Å². The zero-order valence-corrected chi connectivity index (χ0v) is 21.2. The molecule has 0 fully saturated rings. The fraction of sp³-hybridized carbons (Fsp3) is 0.0476. The number of fused-ring (bicyclic) bond motifs is 1. The Kier molecular flexibility index (Phi) is 6.76. The van der Waals surface area contributed by atoms with E-state index in [0.29, 0.717) is 10.0 Å². The number of hydrogen-bond acceptors (Lipinski definition) is 5. The smallest absolute Gasteiger partial charge is 0.151 e. The Morgan fingerprint density at radius 3 is 2.59 bits per heavy atom. The number of thioether (sulfide) groups is 1. The zero-order valence-electron chi connectivity index (χ0n) is 14.8. The summed E-state index contributed by atoms with van der Waals surface area (Å²) in [5.41, 5.74) is 3.70. The molecule has 0 bridgehead atoms. The lowest BCUT2D eigenvalue weighted by Crippen LogP contribution is -1.84. The van der Waals surface area contributed by atoms with Crippen LogP contribution in [-0.2, 0) is 5.75 Å². The number of phenols is 1. The van der Waals surface area contributed by atoms with Crippen LogP contribution in [0.3, 0.4) is 0 Å². The Labute approximate surface area is 201 Å². The fourth-order valence-electron chi connectivity index (χ4n) is 2.59. The molecule has 1 heterocycles. The van der Waals surface area contributed by atoms with Crippen LogP contribution in [0.1, 0.15) is 11.1 Å². The number of hydrogen-bond donors (Lipinski definition) is 1. The number of aromatic nitrogens is 1. The van der Waals surface area contributed by atoms with Gasteiger partial charge in [0, 0.05) is 26.5 Å². The Morgan fingerprint density at radius 1 is 1.00 bits per heavy atom. The first-order valence-corrected chi connectivity index (χ1v) is 12.7. The quantitative estimate of drug-likeness (QED) is 0.182. The minimum absolute atomic E-state index is 0.169. The number of halogens is 3. The second-order valence-corrected chi connectivity index (χ2v) is 11.1. The number of aliphatic imine (C=N–C) groups is 1. The molecule has 0 saturated carbocycles. The molecule has 8 heteroatoms. The summed E-state index contributed by atoms with van der Waals surface area (Å²) in [4.78, 5) is 9.23. The summed E-state index contributed by atoms with van der Waals surface area (Å²) >= 11 is 13.6. The molecule has 0 aliphatic carbocycles. The van der Waals surface area contributed by atoms with Gasteiger partial charge < -0.3 is 5.11 Å². The van der Waals surface area contributed by atoms with Crippen LogP contribution in [0, 0.1) is 0 Å². The van der Waals surface area contributed by atoms with Gasteiger partial charge in [-0.3, -0.25) is 4.99 Å². The van der Waals surface area contributed by atoms with Crippen LogP contribution in [-0.4, -0.2) is 16.3 Å². The lowest BCUT2D eigenvalue weighted by atomic mass is 10.2. The van der Waals surface area contributed by atoms with Crippen LogP contribution in [0.25, 0.3) is 10.2 Å². The van der Waals surface area contributed by atoms with Crippen molar-refractivity contribution in [3.8, 4) is 5.75 Å². The summed E-state index contributed by atoms with van der Waals surface area (Å²) in [6, 6.07) is 17.9. The van der Waals surface area contributed by atoms with Crippen molar-refractivity contribution in [1.29, 1.82) is 0 Å². The molecule has 0 saturated heterocycles. The second-order valence-electron chi connectivity index (χ2n) is 6.13. The van der Waals surface area contributed by atoms with E-state index in [-0.39, 0.29) is 5.75 Å². The highest BCUT2D eigenvalue weighted by Gasteiger charge is 2.07. The predicted molar refractivity (Wildman–Crippen MR) is 134 cm³/mol. The van der Waals surface area contributed by atoms with Gasteiger partial charge in [-0.25, -0.2) is 4.98 Å². The number of rotatable bonds is 5. The monoisotopic (exact) mass is 610 g/mol. The van der Waals surface area contributed by atoms with Gasteiger partial charge in [0.2, 0.25) is 0 Å². The first kappa shape index (κ1) is 21.1. The topological polar surface area (TPSA) is 45.5 Å². The van der Waals surface area contributed by atoms with Crippen molar-refractivity contribution < 1.29 is 5.11 Å². The van der Waals surface area contributed by atoms with Crippen molar-refractivity contribution in [2.45, 2.75) is 10.1 Å². The third kappa shape index (κ3) is 5.30. The summed E-state index contributed by atoms with van der Waals surface area (Å²) in [6.07, 6.45) is 1.66. The van der Waals surface area contributed by atoms with Gasteiger partial charge in [-0.05, 0) is 64.0 Å². The van der Waals surface area contributed by atoms with E-state index in [1.807, 2.05) is 24.3 Å².